The summed E-state index contributed by atoms with van der Waals surface area (Å²) in [5, 5.41) is 2.83. The average molecular weight is 220 g/mol. The van der Waals surface area contributed by atoms with Crippen LogP contribution in [0.3, 0.4) is 0 Å². The molecule has 1 aromatic rings. The summed E-state index contributed by atoms with van der Waals surface area (Å²) >= 11 is 0. The van der Waals surface area contributed by atoms with Crippen LogP contribution in [0.1, 0.15) is 12.0 Å². The van der Waals surface area contributed by atoms with Crippen molar-refractivity contribution in [2.24, 2.45) is 0 Å². The Morgan fingerprint density at radius 1 is 1.44 bits per heavy atom. The highest BCUT2D eigenvalue weighted by Gasteiger charge is 2.19. The van der Waals surface area contributed by atoms with Crippen LogP contribution in [-0.4, -0.2) is 26.2 Å². The lowest BCUT2D eigenvalue weighted by atomic mass is 10.1. The molecule has 1 heterocycles. The van der Waals surface area contributed by atoms with Gasteiger partial charge in [0.05, 0.1) is 7.11 Å². The maximum absolute atomic E-state index is 11.6. The van der Waals surface area contributed by atoms with Crippen LogP contribution in [0, 0.1) is 6.92 Å². The zero-order valence-corrected chi connectivity index (χ0v) is 9.62. The number of hydrogen-bond donors (Lipinski definition) is 1. The number of ether oxygens (including phenoxy) is 1. The number of methoxy groups -OCH3 is 1. The van der Waals surface area contributed by atoms with Crippen molar-refractivity contribution in [2.75, 3.05) is 25.1 Å². The third-order valence-corrected chi connectivity index (χ3v) is 2.77. The van der Waals surface area contributed by atoms with Crippen LogP contribution in [0.5, 0.6) is 5.75 Å². The van der Waals surface area contributed by atoms with Crippen molar-refractivity contribution in [3.8, 4) is 5.75 Å². The van der Waals surface area contributed by atoms with E-state index >= 15 is 0 Å². The van der Waals surface area contributed by atoms with E-state index in [2.05, 4.69) is 5.32 Å². The first-order chi connectivity index (χ1) is 7.72. The minimum atomic E-state index is -0.0178. The third-order valence-electron chi connectivity index (χ3n) is 2.77. The molecule has 2 amide bonds. The van der Waals surface area contributed by atoms with Gasteiger partial charge in [-0.2, -0.15) is 0 Å². The smallest absolute Gasteiger partial charge is 0.321 e. The van der Waals surface area contributed by atoms with Crippen LogP contribution in [0.25, 0.3) is 0 Å². The number of hydrogen-bond acceptors (Lipinski definition) is 2. The molecule has 16 heavy (non-hydrogen) atoms. The van der Waals surface area contributed by atoms with E-state index in [0.717, 1.165) is 36.5 Å². The molecule has 1 aliphatic heterocycles. The maximum Gasteiger partial charge on any atom is 0.321 e. The normalized spacial score (nSPS) is 15.9. The second-order valence-electron chi connectivity index (χ2n) is 3.89. The molecule has 0 unspecified atom stereocenters. The Labute approximate surface area is 95.2 Å². The maximum atomic E-state index is 11.6. The lowest BCUT2D eigenvalue weighted by molar-refractivity contribution is 0.243. The van der Waals surface area contributed by atoms with Gasteiger partial charge >= 0.3 is 6.03 Å². The largest absolute Gasteiger partial charge is 0.496 e. The molecule has 4 nitrogen and oxygen atoms in total. The molecule has 0 aromatic heterocycles. The Hall–Kier alpha value is -1.71. The first-order valence-electron chi connectivity index (χ1n) is 5.42. The van der Waals surface area contributed by atoms with E-state index in [1.807, 2.05) is 25.1 Å². The zero-order valence-electron chi connectivity index (χ0n) is 9.62. The van der Waals surface area contributed by atoms with Crippen molar-refractivity contribution < 1.29 is 9.53 Å². The summed E-state index contributed by atoms with van der Waals surface area (Å²) in [5.74, 6) is 0.848. The minimum absolute atomic E-state index is 0.0178. The Morgan fingerprint density at radius 2 is 2.25 bits per heavy atom. The predicted octanol–water partition coefficient (Wildman–Crippen LogP) is 1.92. The molecule has 1 N–H and O–H groups in total. The summed E-state index contributed by atoms with van der Waals surface area (Å²) < 4.78 is 5.20. The molecule has 0 aliphatic carbocycles. The highest BCUT2D eigenvalue weighted by Crippen LogP contribution is 2.25. The van der Waals surface area contributed by atoms with Crippen LogP contribution >= 0.6 is 0 Å². The highest BCUT2D eigenvalue weighted by molar-refractivity contribution is 5.92. The fraction of sp³-hybridized carbons (Fsp3) is 0.417. The van der Waals surface area contributed by atoms with E-state index in [1.54, 1.807) is 12.0 Å². The van der Waals surface area contributed by atoms with Gasteiger partial charge in [-0.25, -0.2) is 4.79 Å². The second kappa shape index (κ2) is 4.43. The molecule has 0 atom stereocenters. The molecular weight excluding hydrogens is 204 g/mol. The van der Waals surface area contributed by atoms with Crippen LogP contribution in [-0.2, 0) is 0 Å². The molecule has 1 aromatic carbocycles. The van der Waals surface area contributed by atoms with Crippen molar-refractivity contribution in [2.45, 2.75) is 13.3 Å². The van der Waals surface area contributed by atoms with Crippen LogP contribution in [0.2, 0.25) is 0 Å². The average Bonchev–Trinajstić information content (AvgIpc) is 2.29. The molecule has 2 rings (SSSR count). The molecule has 0 spiro atoms. The predicted molar refractivity (Wildman–Crippen MR) is 63.1 cm³/mol. The number of nitrogens with zero attached hydrogens (tertiary/aromatic N) is 1. The van der Waals surface area contributed by atoms with Gasteiger partial charge in [-0.3, -0.25) is 4.90 Å². The van der Waals surface area contributed by atoms with Crippen molar-refractivity contribution >= 4 is 11.7 Å². The molecule has 0 radical (unpaired) electrons. The van der Waals surface area contributed by atoms with Crippen LogP contribution in [0.15, 0.2) is 18.2 Å². The summed E-state index contributed by atoms with van der Waals surface area (Å²) in [4.78, 5) is 13.4. The van der Waals surface area contributed by atoms with Crippen molar-refractivity contribution in [3.05, 3.63) is 23.8 Å². The van der Waals surface area contributed by atoms with Gasteiger partial charge in [-0.15, -0.1) is 0 Å². The van der Waals surface area contributed by atoms with Crippen molar-refractivity contribution in [3.63, 3.8) is 0 Å². The third kappa shape index (κ3) is 1.96. The molecular formula is C12H16N2O2. The zero-order chi connectivity index (χ0) is 11.5. The summed E-state index contributed by atoms with van der Waals surface area (Å²) in [6.07, 6.45) is 0.983. The molecule has 1 aliphatic rings. The van der Waals surface area contributed by atoms with Gasteiger partial charge < -0.3 is 10.1 Å². The lowest BCUT2D eigenvalue weighted by Gasteiger charge is -2.27. The number of urea groups is 1. The minimum Gasteiger partial charge on any atom is -0.496 e. The SMILES string of the molecule is COc1ccc(N2CCCNC2=O)cc1C. The van der Waals surface area contributed by atoms with E-state index in [0.29, 0.717) is 0 Å². The second-order valence-corrected chi connectivity index (χ2v) is 3.89. The standard InChI is InChI=1S/C12H16N2O2/c1-9-8-10(4-5-11(9)16-2)14-7-3-6-13-12(14)15/h4-5,8H,3,6-7H2,1-2H3,(H,13,15). The summed E-state index contributed by atoms with van der Waals surface area (Å²) in [6.45, 7) is 3.52. The number of rotatable bonds is 2. The molecule has 1 saturated heterocycles. The molecule has 0 saturated carbocycles. The number of nitrogens with one attached hydrogen (secondary N) is 1. The Kier molecular flexibility index (Phi) is 2.99. The topological polar surface area (TPSA) is 41.6 Å². The number of amides is 2. The first-order valence-corrected chi connectivity index (χ1v) is 5.42. The van der Waals surface area contributed by atoms with E-state index in [9.17, 15) is 4.79 Å². The van der Waals surface area contributed by atoms with Gasteiger partial charge in [0.2, 0.25) is 0 Å². The van der Waals surface area contributed by atoms with E-state index < -0.39 is 0 Å². The van der Waals surface area contributed by atoms with Gasteiger partial charge in [-0.05, 0) is 37.1 Å². The molecule has 4 heteroatoms. The number of aryl methyl sites for hydroxylation is 1. The fourth-order valence-corrected chi connectivity index (χ4v) is 1.91. The van der Waals surface area contributed by atoms with Crippen molar-refractivity contribution in [1.29, 1.82) is 0 Å². The molecule has 1 fully saturated rings. The Bertz CT molecular complexity index is 404. The monoisotopic (exact) mass is 220 g/mol. The Morgan fingerprint density at radius 3 is 2.88 bits per heavy atom. The Balaban J connectivity index is 2.26. The highest BCUT2D eigenvalue weighted by atomic mass is 16.5. The first kappa shape index (κ1) is 10.8. The van der Waals surface area contributed by atoms with Gasteiger partial charge in [0, 0.05) is 18.8 Å². The number of carbonyl (C=O) groups is 1. The van der Waals surface area contributed by atoms with E-state index in [4.69, 9.17) is 4.74 Å². The number of anilines is 1. The van der Waals surface area contributed by atoms with Gasteiger partial charge in [0.25, 0.3) is 0 Å². The van der Waals surface area contributed by atoms with Gasteiger partial charge in [0.1, 0.15) is 5.75 Å². The summed E-state index contributed by atoms with van der Waals surface area (Å²) in [6, 6.07) is 5.77. The van der Waals surface area contributed by atoms with Crippen LogP contribution < -0.4 is 15.0 Å². The quantitative estimate of drug-likeness (QED) is 0.827. The number of carbonyl (C=O) groups excluding carboxylic acids is 1. The van der Waals surface area contributed by atoms with Gasteiger partial charge in [0.15, 0.2) is 0 Å². The summed E-state index contributed by atoms with van der Waals surface area (Å²) in [7, 11) is 1.65. The van der Waals surface area contributed by atoms with Crippen LogP contribution in [0.4, 0.5) is 10.5 Å². The molecule has 0 bridgehead atoms. The van der Waals surface area contributed by atoms with E-state index in [1.165, 1.54) is 0 Å². The molecule has 86 valence electrons. The van der Waals surface area contributed by atoms with Crippen molar-refractivity contribution in [1.82, 2.24) is 5.32 Å². The lowest BCUT2D eigenvalue weighted by Crippen LogP contribution is -2.46. The van der Waals surface area contributed by atoms with E-state index in [-0.39, 0.29) is 6.03 Å². The fourth-order valence-electron chi connectivity index (χ4n) is 1.91. The van der Waals surface area contributed by atoms with Gasteiger partial charge in [-0.1, -0.05) is 0 Å². The summed E-state index contributed by atoms with van der Waals surface area (Å²) in [5.41, 5.74) is 1.97. The number of benzene rings is 1.